The van der Waals surface area contributed by atoms with Crippen molar-refractivity contribution in [1.29, 1.82) is 0 Å². The molecule has 0 saturated carbocycles. The summed E-state index contributed by atoms with van der Waals surface area (Å²) in [6.45, 7) is 10.5. The van der Waals surface area contributed by atoms with Crippen LogP contribution in [0.5, 0.6) is 0 Å². The van der Waals surface area contributed by atoms with Gasteiger partial charge in [0.2, 0.25) is 11.8 Å². The van der Waals surface area contributed by atoms with Crippen LogP contribution in [0.4, 0.5) is 0 Å². The lowest BCUT2D eigenvalue weighted by Crippen LogP contribution is -2.55. The summed E-state index contributed by atoms with van der Waals surface area (Å²) in [5.41, 5.74) is 0. The minimum absolute atomic E-state index is 0.127. The highest BCUT2D eigenvalue weighted by Gasteiger charge is 2.24. The Kier molecular flexibility index (Phi) is 34.5. The standard InChI is InChI=1S/C44H89N3O2/c1-7-9-11-13-15-17-19-21-23-25-27-29-31-33-35-37-43(48)45-41(3)39-47(5,6)40-42(4)46-44(49)38-36-34-32-30-28-26-24-22-20-18-16-14-12-10-8-2/h41-42H,7-40H2,1-6H3,(H-,45,46,48,49)/p+1. The quantitative estimate of drug-likeness (QED) is 0.0500. The molecule has 0 spiro atoms. The molecule has 0 aliphatic rings. The van der Waals surface area contributed by atoms with Crippen LogP contribution in [0.1, 0.15) is 233 Å². The van der Waals surface area contributed by atoms with Crippen molar-refractivity contribution in [3.63, 3.8) is 0 Å². The largest absolute Gasteiger partial charge is 0.348 e. The fourth-order valence-corrected chi connectivity index (χ4v) is 7.66. The second-order valence-corrected chi connectivity index (χ2v) is 16.6. The Labute approximate surface area is 308 Å². The summed E-state index contributed by atoms with van der Waals surface area (Å²) < 4.78 is 0.779. The summed E-state index contributed by atoms with van der Waals surface area (Å²) in [4.78, 5) is 25.1. The van der Waals surface area contributed by atoms with Crippen LogP contribution in [0.25, 0.3) is 0 Å². The van der Waals surface area contributed by atoms with Crippen molar-refractivity contribution in [3.05, 3.63) is 0 Å². The fourth-order valence-electron chi connectivity index (χ4n) is 7.66. The highest BCUT2D eigenvalue weighted by Crippen LogP contribution is 2.15. The van der Waals surface area contributed by atoms with Gasteiger partial charge in [-0.1, -0.05) is 194 Å². The monoisotopic (exact) mass is 693 g/mol. The number of carbonyl (C=O) groups is 2. The summed E-state index contributed by atoms with van der Waals surface area (Å²) in [6.07, 6.45) is 41.6. The van der Waals surface area contributed by atoms with Gasteiger partial charge >= 0.3 is 0 Å². The number of hydrogen-bond acceptors (Lipinski definition) is 2. The lowest BCUT2D eigenvalue weighted by atomic mass is 10.0. The molecular weight excluding hydrogens is 603 g/mol. The molecule has 0 saturated heterocycles. The van der Waals surface area contributed by atoms with Crippen molar-refractivity contribution in [2.24, 2.45) is 0 Å². The van der Waals surface area contributed by atoms with Gasteiger partial charge in [0.05, 0.1) is 39.3 Å². The zero-order chi connectivity index (χ0) is 36.3. The summed E-state index contributed by atoms with van der Waals surface area (Å²) in [7, 11) is 4.41. The van der Waals surface area contributed by atoms with Gasteiger partial charge in [0.1, 0.15) is 0 Å². The highest BCUT2D eigenvalue weighted by molar-refractivity contribution is 5.76. The molecule has 0 aliphatic carbocycles. The minimum atomic E-state index is 0.127. The number of rotatable bonds is 38. The molecular formula is C44H90N3O2+. The molecule has 2 amide bonds. The van der Waals surface area contributed by atoms with Gasteiger partial charge in [0.25, 0.3) is 0 Å². The number of likely N-dealkylation sites (N-methyl/N-ethyl adjacent to an activating group) is 1. The Morgan fingerprint density at radius 1 is 0.388 bits per heavy atom. The van der Waals surface area contributed by atoms with Crippen LogP contribution >= 0.6 is 0 Å². The van der Waals surface area contributed by atoms with Gasteiger partial charge in [-0.25, -0.2) is 0 Å². The molecule has 2 atom stereocenters. The first-order chi connectivity index (χ1) is 23.7. The third kappa shape index (κ3) is 36.5. The number of carbonyl (C=O) groups excluding carboxylic acids is 2. The number of amides is 2. The van der Waals surface area contributed by atoms with Gasteiger partial charge in [-0.05, 0) is 26.7 Å². The molecule has 2 unspecified atom stereocenters. The van der Waals surface area contributed by atoms with Crippen molar-refractivity contribution in [2.75, 3.05) is 27.2 Å². The molecule has 0 heterocycles. The van der Waals surface area contributed by atoms with E-state index in [1.165, 1.54) is 167 Å². The van der Waals surface area contributed by atoms with Gasteiger partial charge in [-0.15, -0.1) is 0 Å². The van der Waals surface area contributed by atoms with E-state index in [1.54, 1.807) is 0 Å². The van der Waals surface area contributed by atoms with Crippen LogP contribution < -0.4 is 10.6 Å². The molecule has 0 rings (SSSR count). The van der Waals surface area contributed by atoms with Crippen LogP contribution in [-0.4, -0.2) is 55.6 Å². The molecule has 0 aliphatic heterocycles. The third-order valence-corrected chi connectivity index (χ3v) is 10.4. The molecule has 0 fully saturated rings. The molecule has 0 aromatic rings. The number of hydrogen-bond donors (Lipinski definition) is 2. The second-order valence-electron chi connectivity index (χ2n) is 16.6. The zero-order valence-electron chi connectivity index (χ0n) is 34.5. The van der Waals surface area contributed by atoms with Crippen molar-refractivity contribution in [1.82, 2.24) is 10.6 Å². The maximum absolute atomic E-state index is 12.5. The van der Waals surface area contributed by atoms with E-state index in [2.05, 4.69) is 52.4 Å². The molecule has 2 N–H and O–H groups in total. The van der Waals surface area contributed by atoms with Crippen LogP contribution in [0.15, 0.2) is 0 Å². The molecule has 5 heteroatoms. The predicted octanol–water partition coefficient (Wildman–Crippen LogP) is 12.6. The lowest BCUT2D eigenvalue weighted by Gasteiger charge is -2.35. The van der Waals surface area contributed by atoms with Gasteiger partial charge in [0, 0.05) is 12.8 Å². The molecule has 0 aromatic heterocycles. The van der Waals surface area contributed by atoms with Crippen molar-refractivity contribution >= 4 is 11.8 Å². The summed E-state index contributed by atoms with van der Waals surface area (Å²) in [6, 6.07) is 0.254. The number of nitrogens with zero attached hydrogens (tertiary/aromatic N) is 1. The normalized spacial score (nSPS) is 13.0. The topological polar surface area (TPSA) is 58.2 Å². The summed E-state index contributed by atoms with van der Waals surface area (Å²) >= 11 is 0. The van der Waals surface area contributed by atoms with E-state index in [0.717, 1.165) is 43.3 Å². The highest BCUT2D eigenvalue weighted by atomic mass is 16.2. The van der Waals surface area contributed by atoms with Gasteiger partial charge < -0.3 is 15.1 Å². The molecule has 0 aromatic carbocycles. The van der Waals surface area contributed by atoms with Gasteiger partial charge in [-0.3, -0.25) is 9.59 Å². The maximum Gasteiger partial charge on any atom is 0.220 e. The second kappa shape index (κ2) is 35.3. The van der Waals surface area contributed by atoms with E-state index in [4.69, 9.17) is 0 Å². The van der Waals surface area contributed by atoms with Crippen molar-refractivity contribution in [2.45, 2.75) is 245 Å². The van der Waals surface area contributed by atoms with Gasteiger partial charge in [0.15, 0.2) is 0 Å². The molecule has 0 radical (unpaired) electrons. The third-order valence-electron chi connectivity index (χ3n) is 10.4. The first-order valence-corrected chi connectivity index (χ1v) is 22.1. The van der Waals surface area contributed by atoms with Crippen LogP contribution in [0, 0.1) is 0 Å². The van der Waals surface area contributed by atoms with E-state index < -0.39 is 0 Å². The van der Waals surface area contributed by atoms with Crippen LogP contribution in [-0.2, 0) is 9.59 Å². The predicted molar refractivity (Wildman–Crippen MR) is 216 cm³/mol. The van der Waals surface area contributed by atoms with E-state index in [-0.39, 0.29) is 23.9 Å². The van der Waals surface area contributed by atoms with Crippen LogP contribution in [0.3, 0.4) is 0 Å². The zero-order valence-corrected chi connectivity index (χ0v) is 34.5. The Balaban J connectivity index is 3.71. The average Bonchev–Trinajstić information content (AvgIpc) is 3.04. The molecule has 0 bridgehead atoms. The SMILES string of the molecule is CCCCCCCCCCCCCCCCCC(=O)NC(C)C[N+](C)(C)CC(C)NC(=O)CCCCCCCCCCCCCCCCC. The molecule has 5 nitrogen and oxygen atoms in total. The number of quaternary nitrogens is 1. The van der Waals surface area contributed by atoms with E-state index in [1.807, 2.05) is 0 Å². The van der Waals surface area contributed by atoms with Crippen molar-refractivity contribution in [3.8, 4) is 0 Å². The average molecular weight is 693 g/mol. The Morgan fingerprint density at radius 3 is 0.816 bits per heavy atom. The first-order valence-electron chi connectivity index (χ1n) is 22.1. The van der Waals surface area contributed by atoms with E-state index >= 15 is 0 Å². The number of nitrogens with one attached hydrogen (secondary N) is 2. The van der Waals surface area contributed by atoms with Gasteiger partial charge in [-0.2, -0.15) is 0 Å². The Hall–Kier alpha value is -1.10. The first kappa shape index (κ1) is 47.9. The maximum atomic E-state index is 12.5. The molecule has 49 heavy (non-hydrogen) atoms. The smallest absolute Gasteiger partial charge is 0.220 e. The minimum Gasteiger partial charge on any atom is -0.348 e. The van der Waals surface area contributed by atoms with Crippen molar-refractivity contribution < 1.29 is 14.1 Å². The number of unbranched alkanes of at least 4 members (excludes halogenated alkanes) is 28. The Morgan fingerprint density at radius 2 is 0.592 bits per heavy atom. The summed E-state index contributed by atoms with van der Waals surface area (Å²) in [5, 5.41) is 6.46. The Bertz CT molecular complexity index is 667. The lowest BCUT2D eigenvalue weighted by molar-refractivity contribution is -0.892. The van der Waals surface area contributed by atoms with E-state index in [0.29, 0.717) is 12.8 Å². The van der Waals surface area contributed by atoms with E-state index in [9.17, 15) is 9.59 Å². The fraction of sp³-hybridized carbons (Fsp3) is 0.955. The molecule has 292 valence electrons. The summed E-state index contributed by atoms with van der Waals surface area (Å²) in [5.74, 6) is 0.374. The van der Waals surface area contributed by atoms with Crippen LogP contribution in [0.2, 0.25) is 0 Å².